The first-order chi connectivity index (χ1) is 27.1. The van der Waals surface area contributed by atoms with Crippen LogP contribution in [0.1, 0.15) is 55.3 Å². The monoisotopic (exact) mass is 1030 g/mol. The lowest BCUT2D eigenvalue weighted by molar-refractivity contribution is 0.0950. The van der Waals surface area contributed by atoms with E-state index < -0.39 is 99.2 Å². The molecule has 1 aromatic rings. The fraction of sp³-hybridized carbons (Fsp3) is 0.682. The van der Waals surface area contributed by atoms with Crippen molar-refractivity contribution in [3.05, 3.63) is 17.7 Å². The second-order valence-electron chi connectivity index (χ2n) is 11.5. The van der Waals surface area contributed by atoms with Gasteiger partial charge in [0, 0.05) is 12.1 Å². The summed E-state index contributed by atoms with van der Waals surface area (Å²) in [5, 5.41) is 2.55. The molecule has 1 aromatic carbocycles. The lowest BCUT2D eigenvalue weighted by Crippen LogP contribution is -2.24. The predicted molar refractivity (Wildman–Crippen MR) is 198 cm³/mol. The molecule has 0 heterocycles. The number of amides is 1. The number of phosphoric ester groups is 1. The fourth-order valence-corrected chi connectivity index (χ4v) is 11.3. The van der Waals surface area contributed by atoms with Crippen LogP contribution in [0.4, 0.5) is 0 Å². The van der Waals surface area contributed by atoms with Gasteiger partial charge in [-0.2, -0.15) is 42.5 Å². The Bertz CT molecular complexity index is 2120. The van der Waals surface area contributed by atoms with Crippen LogP contribution in [0, 0.1) is 0 Å². The molecule has 0 saturated carbocycles. The lowest BCUT2D eigenvalue weighted by atomic mass is 10.1. The second-order valence-corrected chi connectivity index (χ2v) is 23.8. The number of hydrogen-bond donors (Lipinski definition) is 10. The number of hydrogen-bond acceptors (Lipinski definition) is 20. The highest BCUT2D eigenvalue weighted by Gasteiger charge is 2.47. The molecule has 4 atom stereocenters. The van der Waals surface area contributed by atoms with Crippen LogP contribution in [0.2, 0.25) is 0 Å². The molecule has 0 spiro atoms. The van der Waals surface area contributed by atoms with Gasteiger partial charge in [0.1, 0.15) is 0 Å². The van der Waals surface area contributed by atoms with E-state index in [1.54, 1.807) is 0 Å². The number of benzene rings is 1. The third kappa shape index (κ3) is 28.3. The first-order valence-corrected chi connectivity index (χ1v) is 28.5. The summed E-state index contributed by atoms with van der Waals surface area (Å²) < 4.78 is 186. The molecule has 30 nitrogen and oxygen atoms in total. The van der Waals surface area contributed by atoms with Crippen LogP contribution in [0.15, 0.2) is 12.1 Å². The maximum Gasteiger partial charge on any atom is 0.490 e. The van der Waals surface area contributed by atoms with Gasteiger partial charge in [-0.05, 0) is 44.2 Å². The molecule has 352 valence electrons. The van der Waals surface area contributed by atoms with Gasteiger partial charge in [0.25, 0.3) is 36.3 Å². The Morgan fingerprint density at radius 2 is 0.900 bits per heavy atom. The highest BCUT2D eigenvalue weighted by molar-refractivity contribution is 7.86. The van der Waals surface area contributed by atoms with Crippen LogP contribution in [-0.4, -0.2) is 124 Å². The molecular weight excluding hydrogens is 993 g/mol. The lowest BCUT2D eigenvalue weighted by Gasteiger charge is -2.19. The largest absolute Gasteiger partial charge is 0.490 e. The van der Waals surface area contributed by atoms with Crippen LogP contribution in [0.25, 0.3) is 0 Å². The van der Waals surface area contributed by atoms with Gasteiger partial charge in [0.15, 0.2) is 11.5 Å². The SMILES string of the molecule is O=C(NCCCCCCOP(=O)(O)OP(=O)(O)OP(=O)(O)OP(=O)(O)OP(=O)(O)O)c1cc(OCCCS(=O)(=O)O)c(OCCCS(=O)(=O)O)c(OCCCS(=O)(=O)O)c1. The highest BCUT2D eigenvalue weighted by Crippen LogP contribution is 2.73. The van der Waals surface area contributed by atoms with E-state index in [4.69, 9.17) is 42.5 Å². The zero-order chi connectivity index (χ0) is 46.3. The number of nitrogens with one attached hydrogen (secondary N) is 1. The van der Waals surface area contributed by atoms with Crippen molar-refractivity contribution in [1.82, 2.24) is 5.32 Å². The molecule has 60 heavy (non-hydrogen) atoms. The number of carbonyl (C=O) groups excluding carboxylic acids is 1. The Hall–Kier alpha value is -1.47. The van der Waals surface area contributed by atoms with Gasteiger partial charge in [0.05, 0.1) is 43.7 Å². The van der Waals surface area contributed by atoms with Crippen LogP contribution in [-0.2, 0) is 74.9 Å². The van der Waals surface area contributed by atoms with Gasteiger partial charge >= 0.3 is 39.1 Å². The van der Waals surface area contributed by atoms with Crippen LogP contribution in [0.3, 0.4) is 0 Å². The number of carbonyl (C=O) groups is 1. The van der Waals surface area contributed by atoms with Crippen molar-refractivity contribution in [2.75, 3.05) is 50.2 Å². The standard InChI is InChI=1S/C22H42NO29P5S3/c24-22(23-8-3-1-2-4-12-48-54(28,29)50-56(32,33)52-57(34,35)51-55(30,31)49-53(25,26)27)18-16-19(45-9-5-13-58(36,37)38)21(47-11-7-15-60(42,43)44)20(17-18)46-10-6-14-59(39,40)41/h16-17H,1-15H2,(H,23,24)(H,28,29)(H,30,31)(H,32,33)(H,34,35)(H2,25,26,27)(H,36,37,38)(H,39,40,41)(H,42,43,44). The summed E-state index contributed by atoms with van der Waals surface area (Å²) in [5.74, 6) is -3.65. The molecule has 0 aromatic heterocycles. The first-order valence-electron chi connectivity index (χ1n) is 16.1. The Morgan fingerprint density at radius 3 is 1.32 bits per heavy atom. The van der Waals surface area contributed by atoms with Crippen molar-refractivity contribution >= 4 is 75.4 Å². The number of ether oxygens (including phenoxy) is 3. The van der Waals surface area contributed by atoms with Crippen LogP contribution >= 0.6 is 39.1 Å². The molecule has 1 rings (SSSR count). The summed E-state index contributed by atoms with van der Waals surface area (Å²) in [7, 11) is -43.0. The van der Waals surface area contributed by atoms with E-state index in [2.05, 4.69) is 27.1 Å². The van der Waals surface area contributed by atoms with Crippen molar-refractivity contribution in [1.29, 1.82) is 0 Å². The molecule has 1 amide bonds. The van der Waals surface area contributed by atoms with E-state index >= 15 is 0 Å². The number of rotatable bonds is 32. The van der Waals surface area contributed by atoms with Gasteiger partial charge in [0.2, 0.25) is 5.75 Å². The van der Waals surface area contributed by atoms with E-state index in [0.29, 0.717) is 6.42 Å². The molecule has 0 saturated heterocycles. The molecule has 4 unspecified atom stereocenters. The minimum absolute atomic E-state index is 0.0153. The van der Waals surface area contributed by atoms with Gasteiger partial charge in [-0.25, -0.2) is 22.8 Å². The molecule has 0 fully saturated rings. The van der Waals surface area contributed by atoms with Gasteiger partial charge in [-0.15, -0.1) is 0 Å². The summed E-state index contributed by atoms with van der Waals surface area (Å²) in [6, 6.07) is 2.26. The van der Waals surface area contributed by atoms with E-state index in [0.717, 1.165) is 12.1 Å². The predicted octanol–water partition coefficient (Wildman–Crippen LogP) is 1.52. The Kier molecular flexibility index (Phi) is 22.6. The summed E-state index contributed by atoms with van der Waals surface area (Å²) in [4.78, 5) is 67.6. The van der Waals surface area contributed by atoms with Gasteiger partial charge in [-0.1, -0.05) is 12.8 Å². The van der Waals surface area contributed by atoms with Crippen molar-refractivity contribution in [2.45, 2.75) is 44.9 Å². The smallest absolute Gasteiger partial charge is 0.489 e. The molecule has 0 radical (unpaired) electrons. The first kappa shape index (κ1) is 56.5. The summed E-state index contributed by atoms with van der Waals surface area (Å²) >= 11 is 0. The average molecular weight is 1040 g/mol. The van der Waals surface area contributed by atoms with Gasteiger partial charge < -0.3 is 48.9 Å². The molecule has 0 aliphatic rings. The normalized spacial score (nSPS) is 16.8. The molecule has 38 heteroatoms. The van der Waals surface area contributed by atoms with Gasteiger partial charge in [-0.3, -0.25) is 23.0 Å². The third-order valence-electron chi connectivity index (χ3n) is 6.12. The quantitative estimate of drug-likeness (QED) is 0.0278. The highest BCUT2D eigenvalue weighted by atomic mass is 32.2. The van der Waals surface area contributed by atoms with Crippen molar-refractivity contribution in [3.63, 3.8) is 0 Å². The molecule has 0 aliphatic carbocycles. The van der Waals surface area contributed by atoms with Crippen LogP contribution in [0.5, 0.6) is 17.2 Å². The minimum atomic E-state index is -6.25. The minimum Gasteiger partial charge on any atom is -0.489 e. The topological polar surface area (TPSA) is 473 Å². The Balaban J connectivity index is 2.88. The average Bonchev–Trinajstić information content (AvgIpc) is 3.00. The van der Waals surface area contributed by atoms with Crippen molar-refractivity contribution in [2.24, 2.45) is 0 Å². The Labute approximate surface area is 341 Å². The van der Waals surface area contributed by atoms with Crippen molar-refractivity contribution < 1.29 is 132 Å². The van der Waals surface area contributed by atoms with E-state index in [-0.39, 0.29) is 87.7 Å². The van der Waals surface area contributed by atoms with Crippen molar-refractivity contribution in [3.8, 4) is 17.2 Å². The summed E-state index contributed by atoms with van der Waals surface area (Å²) in [6.07, 6.45) is -0.0583. The number of phosphoric acid groups is 5. The van der Waals surface area contributed by atoms with E-state index in [9.17, 15) is 67.6 Å². The molecule has 0 bridgehead atoms. The third-order valence-corrected chi connectivity index (χ3v) is 15.7. The van der Waals surface area contributed by atoms with Crippen LogP contribution < -0.4 is 19.5 Å². The van der Waals surface area contributed by atoms with E-state index in [1.807, 2.05) is 0 Å². The molecular formula is C22H42NO29P5S3. The maximum atomic E-state index is 13.1. The molecule has 10 N–H and O–H groups in total. The zero-order valence-corrected chi connectivity index (χ0v) is 37.3. The maximum absolute atomic E-state index is 13.1. The fourth-order valence-electron chi connectivity index (χ4n) is 3.99. The summed E-state index contributed by atoms with van der Waals surface area (Å²) in [6.45, 7) is -1.80. The zero-order valence-electron chi connectivity index (χ0n) is 30.4. The van der Waals surface area contributed by atoms with E-state index in [1.165, 1.54) is 0 Å². The second kappa shape index (κ2) is 24.0. The molecule has 0 aliphatic heterocycles. The summed E-state index contributed by atoms with van der Waals surface area (Å²) in [5.41, 5.74) is -0.156. The Morgan fingerprint density at radius 1 is 0.517 bits per heavy atom. The number of unbranched alkanes of at least 4 members (excludes halogenated alkanes) is 3.